The molecule has 6 nitrogen and oxygen atoms in total. The van der Waals surface area contributed by atoms with E-state index in [1.54, 1.807) is 6.33 Å². The number of hydrogen-bond acceptors (Lipinski definition) is 5. The van der Waals surface area contributed by atoms with Gasteiger partial charge in [0.15, 0.2) is 11.5 Å². The third-order valence-corrected chi connectivity index (χ3v) is 3.95. The molecule has 0 aliphatic heterocycles. The fourth-order valence-electron chi connectivity index (χ4n) is 2.92. The van der Waals surface area contributed by atoms with Crippen molar-refractivity contribution in [2.45, 2.75) is 18.9 Å². The molecule has 0 amide bonds. The van der Waals surface area contributed by atoms with Crippen molar-refractivity contribution in [2.75, 3.05) is 17.7 Å². The van der Waals surface area contributed by atoms with Gasteiger partial charge in [-0.05, 0) is 24.0 Å². The molecular formula is C15H16N6. The first-order chi connectivity index (χ1) is 10.3. The van der Waals surface area contributed by atoms with Gasteiger partial charge in [-0.3, -0.25) is 0 Å². The van der Waals surface area contributed by atoms with Gasteiger partial charge in [-0.2, -0.15) is 9.97 Å². The smallest absolute Gasteiger partial charge is 0.226 e. The zero-order valence-electron chi connectivity index (χ0n) is 11.7. The Kier molecular flexibility index (Phi) is 2.73. The van der Waals surface area contributed by atoms with Gasteiger partial charge in [0, 0.05) is 7.05 Å². The molecule has 2 heterocycles. The highest BCUT2D eigenvalue weighted by Crippen LogP contribution is 2.34. The highest BCUT2D eigenvalue weighted by molar-refractivity contribution is 5.83. The van der Waals surface area contributed by atoms with Crippen LogP contribution in [0.3, 0.4) is 0 Å². The van der Waals surface area contributed by atoms with E-state index in [-0.39, 0.29) is 6.04 Å². The van der Waals surface area contributed by atoms with Crippen LogP contribution >= 0.6 is 0 Å². The number of anilines is 2. The monoisotopic (exact) mass is 280 g/mol. The summed E-state index contributed by atoms with van der Waals surface area (Å²) in [7, 11) is 1.81. The van der Waals surface area contributed by atoms with E-state index in [0.29, 0.717) is 11.6 Å². The van der Waals surface area contributed by atoms with Crippen LogP contribution in [-0.4, -0.2) is 27.0 Å². The molecule has 3 aromatic rings. The lowest BCUT2D eigenvalue weighted by atomic mass is 10.1. The molecule has 0 saturated heterocycles. The summed E-state index contributed by atoms with van der Waals surface area (Å²) in [6.45, 7) is 0. The summed E-state index contributed by atoms with van der Waals surface area (Å²) in [4.78, 5) is 16.2. The number of rotatable bonds is 3. The van der Waals surface area contributed by atoms with E-state index in [4.69, 9.17) is 0 Å². The molecule has 4 rings (SSSR count). The summed E-state index contributed by atoms with van der Waals surface area (Å²) in [5.41, 5.74) is 4.29. The average molecular weight is 280 g/mol. The van der Waals surface area contributed by atoms with Crippen LogP contribution in [0.25, 0.3) is 11.2 Å². The number of H-pyrrole nitrogens is 1. The first-order valence-corrected chi connectivity index (χ1v) is 7.08. The summed E-state index contributed by atoms with van der Waals surface area (Å²) in [5, 5.41) is 6.52. The van der Waals surface area contributed by atoms with Crippen molar-refractivity contribution < 1.29 is 0 Å². The molecule has 0 fully saturated rings. The third-order valence-electron chi connectivity index (χ3n) is 3.95. The Bertz CT molecular complexity index is 794. The number of hydrogen-bond donors (Lipinski definition) is 3. The second kappa shape index (κ2) is 4.73. The Hall–Kier alpha value is -2.63. The van der Waals surface area contributed by atoms with Crippen LogP contribution in [0, 0.1) is 0 Å². The summed E-state index contributed by atoms with van der Waals surface area (Å²) in [6.07, 6.45) is 3.82. The number of imidazole rings is 1. The van der Waals surface area contributed by atoms with Gasteiger partial charge in [0.05, 0.1) is 12.4 Å². The number of benzene rings is 1. The van der Waals surface area contributed by atoms with Gasteiger partial charge < -0.3 is 15.6 Å². The van der Waals surface area contributed by atoms with Gasteiger partial charge in [0.1, 0.15) is 5.52 Å². The summed E-state index contributed by atoms with van der Waals surface area (Å²) in [5.74, 6) is 1.37. The van der Waals surface area contributed by atoms with Gasteiger partial charge in [-0.1, -0.05) is 24.3 Å². The van der Waals surface area contributed by atoms with Crippen LogP contribution in [0.5, 0.6) is 0 Å². The first kappa shape index (κ1) is 12.1. The molecular weight excluding hydrogens is 264 g/mol. The minimum atomic E-state index is 0.285. The van der Waals surface area contributed by atoms with E-state index in [1.807, 2.05) is 7.05 Å². The maximum absolute atomic E-state index is 4.52. The van der Waals surface area contributed by atoms with Crippen LogP contribution in [0.2, 0.25) is 0 Å². The Labute approximate surface area is 122 Å². The molecule has 1 aromatic carbocycles. The zero-order chi connectivity index (χ0) is 14.2. The van der Waals surface area contributed by atoms with Crippen LogP contribution in [-0.2, 0) is 6.42 Å². The third kappa shape index (κ3) is 1.99. The lowest BCUT2D eigenvalue weighted by molar-refractivity contribution is 0.758. The highest BCUT2D eigenvalue weighted by Gasteiger charge is 2.23. The Balaban J connectivity index is 1.73. The van der Waals surface area contributed by atoms with Gasteiger partial charge in [0.2, 0.25) is 5.95 Å². The van der Waals surface area contributed by atoms with Crippen molar-refractivity contribution in [1.29, 1.82) is 0 Å². The van der Waals surface area contributed by atoms with Crippen molar-refractivity contribution >= 4 is 22.9 Å². The molecule has 1 atom stereocenters. The maximum atomic E-state index is 4.52. The fraction of sp³-hybridized carbons (Fsp3) is 0.267. The van der Waals surface area contributed by atoms with E-state index >= 15 is 0 Å². The van der Waals surface area contributed by atoms with Crippen molar-refractivity contribution in [3.63, 3.8) is 0 Å². The lowest BCUT2D eigenvalue weighted by Crippen LogP contribution is -2.10. The number of aromatic amines is 1. The van der Waals surface area contributed by atoms with Crippen molar-refractivity contribution in [1.82, 2.24) is 19.9 Å². The molecule has 6 heteroatoms. The normalized spacial score (nSPS) is 16.9. The second-order valence-corrected chi connectivity index (χ2v) is 5.18. The fourth-order valence-corrected chi connectivity index (χ4v) is 2.92. The Morgan fingerprint density at radius 1 is 1.24 bits per heavy atom. The minimum absolute atomic E-state index is 0.285. The van der Waals surface area contributed by atoms with Gasteiger partial charge in [-0.15, -0.1) is 0 Å². The Morgan fingerprint density at radius 2 is 2.14 bits per heavy atom. The molecule has 0 unspecified atom stereocenters. The number of fused-ring (bicyclic) bond motifs is 2. The molecule has 0 spiro atoms. The summed E-state index contributed by atoms with van der Waals surface area (Å²) < 4.78 is 0. The van der Waals surface area contributed by atoms with Crippen LogP contribution < -0.4 is 10.6 Å². The topological polar surface area (TPSA) is 78.5 Å². The average Bonchev–Trinajstić information content (AvgIpc) is 3.14. The van der Waals surface area contributed by atoms with Crippen molar-refractivity contribution in [2.24, 2.45) is 0 Å². The first-order valence-electron chi connectivity index (χ1n) is 7.08. The maximum Gasteiger partial charge on any atom is 0.226 e. The number of nitrogens with zero attached hydrogens (tertiary/aromatic N) is 3. The van der Waals surface area contributed by atoms with Crippen molar-refractivity contribution in [3.8, 4) is 0 Å². The quantitative estimate of drug-likeness (QED) is 0.687. The van der Waals surface area contributed by atoms with E-state index in [0.717, 1.165) is 24.2 Å². The second-order valence-electron chi connectivity index (χ2n) is 5.18. The molecule has 1 aliphatic carbocycles. The van der Waals surface area contributed by atoms with Gasteiger partial charge in [-0.25, -0.2) is 4.98 Å². The SMILES string of the molecule is CNc1nc(N[C@H]2CCc3ccccc32)c2[nH]cnc2n1. The van der Waals surface area contributed by atoms with E-state index in [2.05, 4.69) is 54.8 Å². The standard InChI is InChI=1S/C15H16N6/c1-16-15-20-13-12(17-8-18-13)14(21-15)19-11-7-6-9-4-2-3-5-10(9)11/h2-5,8,11H,6-7H2,1H3,(H3,16,17,18,19,20,21)/t11-/m0/s1. The lowest BCUT2D eigenvalue weighted by Gasteiger charge is -2.15. The number of aryl methyl sites for hydroxylation is 1. The van der Waals surface area contributed by atoms with E-state index < -0.39 is 0 Å². The van der Waals surface area contributed by atoms with Crippen LogP contribution in [0.1, 0.15) is 23.6 Å². The summed E-state index contributed by atoms with van der Waals surface area (Å²) in [6, 6.07) is 8.85. The van der Waals surface area contributed by atoms with Gasteiger partial charge in [0.25, 0.3) is 0 Å². The van der Waals surface area contributed by atoms with Crippen LogP contribution in [0.15, 0.2) is 30.6 Å². The largest absolute Gasteiger partial charge is 0.361 e. The molecule has 2 aromatic heterocycles. The zero-order valence-corrected chi connectivity index (χ0v) is 11.7. The van der Waals surface area contributed by atoms with Gasteiger partial charge >= 0.3 is 0 Å². The highest BCUT2D eigenvalue weighted by atomic mass is 15.2. The van der Waals surface area contributed by atoms with Crippen molar-refractivity contribution in [3.05, 3.63) is 41.7 Å². The van der Waals surface area contributed by atoms with E-state index in [9.17, 15) is 0 Å². The van der Waals surface area contributed by atoms with E-state index in [1.165, 1.54) is 11.1 Å². The number of nitrogens with one attached hydrogen (secondary N) is 3. The molecule has 1 aliphatic rings. The molecule has 0 bridgehead atoms. The summed E-state index contributed by atoms with van der Waals surface area (Å²) >= 11 is 0. The number of aromatic nitrogens is 4. The predicted molar refractivity (Wildman–Crippen MR) is 82.4 cm³/mol. The van der Waals surface area contributed by atoms with Crippen LogP contribution in [0.4, 0.5) is 11.8 Å². The Morgan fingerprint density at radius 3 is 3.05 bits per heavy atom. The predicted octanol–water partition coefficient (Wildman–Crippen LogP) is 2.49. The minimum Gasteiger partial charge on any atom is -0.361 e. The molecule has 106 valence electrons. The molecule has 3 N–H and O–H groups in total. The molecule has 21 heavy (non-hydrogen) atoms. The molecule has 0 radical (unpaired) electrons. The molecule has 0 saturated carbocycles.